The summed E-state index contributed by atoms with van der Waals surface area (Å²) in [5.74, 6) is 0. The van der Waals surface area contributed by atoms with Crippen molar-refractivity contribution in [3.05, 3.63) is 0 Å². The highest BCUT2D eigenvalue weighted by molar-refractivity contribution is 6.56. The quantitative estimate of drug-likeness (QED) is 0.244. The molecule has 0 aromatic carbocycles. The van der Waals surface area contributed by atoms with Crippen LogP contribution in [0.5, 0.6) is 0 Å². The second-order valence-electron chi connectivity index (χ2n) is 3.81. The van der Waals surface area contributed by atoms with E-state index in [1.165, 1.54) is 0 Å². The van der Waals surface area contributed by atoms with E-state index in [4.69, 9.17) is 19.1 Å². The molecule has 0 saturated carbocycles. The lowest BCUT2D eigenvalue weighted by Gasteiger charge is -2.13. The van der Waals surface area contributed by atoms with Gasteiger partial charge in [0.05, 0.1) is 12.7 Å². The van der Waals surface area contributed by atoms with Crippen LogP contribution >= 0.6 is 0 Å². The van der Waals surface area contributed by atoms with Gasteiger partial charge in [-0.25, -0.2) is 0 Å². The Kier molecular flexibility index (Phi) is 9.04. The predicted octanol–water partition coefficient (Wildman–Crippen LogP) is -1.33. The Morgan fingerprint density at radius 2 is 2.00 bits per heavy atom. The summed E-state index contributed by atoms with van der Waals surface area (Å²) in [5, 5.41) is 12.5. The predicted molar refractivity (Wildman–Crippen MR) is 61.8 cm³/mol. The Morgan fingerprint density at radius 1 is 1.31 bits per heavy atom. The average molecular weight is 253 g/mol. The van der Waals surface area contributed by atoms with Crippen molar-refractivity contribution in [3.8, 4) is 0 Å². The summed E-state index contributed by atoms with van der Waals surface area (Å²) in [6.45, 7) is 3.93. The highest BCUT2D eigenvalue weighted by atomic mass is 28.4. The van der Waals surface area contributed by atoms with Gasteiger partial charge in [0.15, 0.2) is 0 Å². The van der Waals surface area contributed by atoms with Gasteiger partial charge in [-0.3, -0.25) is 0 Å². The molecule has 16 heavy (non-hydrogen) atoms. The lowest BCUT2D eigenvalue weighted by atomic mass is 10.3. The number of aliphatic hydroxyl groups excluding tert-OH is 1. The van der Waals surface area contributed by atoms with Crippen molar-refractivity contribution >= 4 is 8.80 Å². The minimum absolute atomic E-state index is 0.0306. The maximum atomic E-state index is 9.41. The van der Waals surface area contributed by atoms with Gasteiger partial charge in [0.1, 0.15) is 0 Å². The van der Waals surface area contributed by atoms with Crippen LogP contribution in [0.3, 0.4) is 0 Å². The Bertz CT molecular complexity index is 164. The molecule has 1 unspecified atom stereocenters. The molecule has 0 aromatic rings. The molecule has 0 spiro atoms. The van der Waals surface area contributed by atoms with Gasteiger partial charge in [-0.05, 0) is 19.4 Å². The van der Waals surface area contributed by atoms with E-state index in [0.29, 0.717) is 19.6 Å². The Morgan fingerprint density at radius 3 is 2.56 bits per heavy atom. The first-order valence-corrected chi connectivity index (χ1v) is 7.64. The number of rotatable bonds is 10. The van der Waals surface area contributed by atoms with Crippen LogP contribution < -0.4 is 5.32 Å². The minimum atomic E-state index is -3.92. The van der Waals surface area contributed by atoms with Crippen LogP contribution in [0, 0.1) is 0 Å². The molecular weight excluding hydrogens is 230 g/mol. The van der Waals surface area contributed by atoms with Crippen LogP contribution in [0.25, 0.3) is 0 Å². The largest absolute Gasteiger partial charge is 0.492 e. The SMILES string of the molecule is CCCNCC(O)COCCC[Si](O)(O)O. The summed E-state index contributed by atoms with van der Waals surface area (Å²) in [7, 11) is -3.92. The third-order valence-corrected chi connectivity index (χ3v) is 2.94. The molecule has 0 saturated heterocycles. The number of aliphatic hydroxyl groups is 1. The first-order valence-electron chi connectivity index (χ1n) is 5.59. The van der Waals surface area contributed by atoms with Crippen molar-refractivity contribution in [2.45, 2.75) is 31.9 Å². The monoisotopic (exact) mass is 253 g/mol. The van der Waals surface area contributed by atoms with Crippen LogP contribution in [-0.4, -0.2) is 60.7 Å². The van der Waals surface area contributed by atoms with E-state index in [2.05, 4.69) is 5.32 Å². The summed E-state index contributed by atoms with van der Waals surface area (Å²) < 4.78 is 5.12. The van der Waals surface area contributed by atoms with E-state index in [9.17, 15) is 5.11 Å². The zero-order valence-electron chi connectivity index (χ0n) is 9.72. The summed E-state index contributed by atoms with van der Waals surface area (Å²) in [6, 6.07) is -0.0306. The zero-order chi connectivity index (χ0) is 12.4. The number of nitrogens with one attached hydrogen (secondary N) is 1. The molecule has 1 atom stereocenters. The fraction of sp³-hybridized carbons (Fsp3) is 1.00. The molecule has 5 N–H and O–H groups in total. The molecule has 0 aromatic heterocycles. The van der Waals surface area contributed by atoms with E-state index >= 15 is 0 Å². The summed E-state index contributed by atoms with van der Waals surface area (Å²) >= 11 is 0. The molecule has 7 heteroatoms. The van der Waals surface area contributed by atoms with E-state index in [-0.39, 0.29) is 12.7 Å². The van der Waals surface area contributed by atoms with E-state index in [1.54, 1.807) is 0 Å². The topological polar surface area (TPSA) is 102 Å². The van der Waals surface area contributed by atoms with Crippen LogP contribution in [0.1, 0.15) is 19.8 Å². The van der Waals surface area contributed by atoms with Gasteiger partial charge in [0, 0.05) is 19.2 Å². The van der Waals surface area contributed by atoms with Gasteiger partial charge in [0.25, 0.3) is 0 Å². The molecule has 0 rings (SSSR count). The lowest BCUT2D eigenvalue weighted by Crippen LogP contribution is -2.34. The van der Waals surface area contributed by atoms with Crippen LogP contribution in [0.2, 0.25) is 6.04 Å². The maximum Gasteiger partial charge on any atom is 0.492 e. The first kappa shape index (κ1) is 16.0. The molecule has 6 nitrogen and oxygen atoms in total. The molecule has 0 aliphatic rings. The van der Waals surface area contributed by atoms with Crippen molar-refractivity contribution in [1.82, 2.24) is 5.32 Å². The molecular formula is C9H23NO5Si. The van der Waals surface area contributed by atoms with Gasteiger partial charge < -0.3 is 29.5 Å². The average Bonchev–Trinajstić information content (AvgIpc) is 2.16. The minimum Gasteiger partial charge on any atom is -0.390 e. The molecule has 0 bridgehead atoms. The number of ether oxygens (including phenoxy) is 1. The van der Waals surface area contributed by atoms with E-state index in [1.807, 2.05) is 6.92 Å². The third-order valence-electron chi connectivity index (χ3n) is 1.92. The standard InChI is InChI=1S/C9H23NO5Si/c1-2-4-10-7-9(11)8-15-5-3-6-16(12,13)14/h9-14H,2-8H2,1H3. The first-order chi connectivity index (χ1) is 7.45. The fourth-order valence-electron chi connectivity index (χ4n) is 1.14. The van der Waals surface area contributed by atoms with Gasteiger partial charge in [-0.15, -0.1) is 0 Å². The molecule has 0 fully saturated rings. The second-order valence-corrected chi connectivity index (χ2v) is 5.86. The van der Waals surface area contributed by atoms with Crippen LogP contribution in [0.15, 0.2) is 0 Å². The van der Waals surface area contributed by atoms with Crippen molar-refractivity contribution in [3.63, 3.8) is 0 Å². The van der Waals surface area contributed by atoms with Crippen LogP contribution in [-0.2, 0) is 4.74 Å². The Labute approximate surface area is 97.3 Å². The van der Waals surface area contributed by atoms with Crippen molar-refractivity contribution < 1.29 is 24.2 Å². The van der Waals surface area contributed by atoms with Crippen molar-refractivity contribution in [2.75, 3.05) is 26.3 Å². The van der Waals surface area contributed by atoms with E-state index in [0.717, 1.165) is 13.0 Å². The van der Waals surface area contributed by atoms with E-state index < -0.39 is 14.9 Å². The van der Waals surface area contributed by atoms with Crippen molar-refractivity contribution in [1.29, 1.82) is 0 Å². The Hall–Kier alpha value is -0.0231. The molecule has 0 amide bonds. The summed E-state index contributed by atoms with van der Waals surface area (Å²) in [4.78, 5) is 26.1. The van der Waals surface area contributed by atoms with Crippen LogP contribution in [0.4, 0.5) is 0 Å². The number of hydrogen-bond acceptors (Lipinski definition) is 6. The Balaban J connectivity index is 3.24. The molecule has 98 valence electrons. The second kappa shape index (κ2) is 9.05. The van der Waals surface area contributed by atoms with Gasteiger partial charge in [-0.2, -0.15) is 0 Å². The zero-order valence-corrected chi connectivity index (χ0v) is 10.7. The van der Waals surface area contributed by atoms with Gasteiger partial charge >= 0.3 is 8.80 Å². The molecule has 0 aliphatic carbocycles. The number of hydrogen-bond donors (Lipinski definition) is 5. The highest BCUT2D eigenvalue weighted by Crippen LogP contribution is 2.01. The smallest absolute Gasteiger partial charge is 0.390 e. The molecule has 0 aliphatic heterocycles. The highest BCUT2D eigenvalue weighted by Gasteiger charge is 2.25. The normalized spacial score (nSPS) is 14.1. The molecule has 0 radical (unpaired) electrons. The molecule has 0 heterocycles. The van der Waals surface area contributed by atoms with Gasteiger partial charge in [0.2, 0.25) is 0 Å². The lowest BCUT2D eigenvalue weighted by molar-refractivity contribution is 0.0364. The summed E-state index contributed by atoms with van der Waals surface area (Å²) in [5.41, 5.74) is 0. The van der Waals surface area contributed by atoms with Gasteiger partial charge in [-0.1, -0.05) is 6.92 Å². The maximum absolute atomic E-state index is 9.41. The third kappa shape index (κ3) is 12.0. The fourth-order valence-corrected chi connectivity index (χ4v) is 1.75. The summed E-state index contributed by atoms with van der Waals surface area (Å²) in [6.07, 6.45) is 0.847. The van der Waals surface area contributed by atoms with Crippen molar-refractivity contribution in [2.24, 2.45) is 0 Å².